The molecule has 0 saturated carbocycles. The van der Waals surface area contributed by atoms with Gasteiger partial charge < -0.3 is 5.32 Å². The van der Waals surface area contributed by atoms with Crippen LogP contribution >= 0.6 is 11.8 Å². The van der Waals surface area contributed by atoms with Gasteiger partial charge in [0.2, 0.25) is 5.91 Å². The van der Waals surface area contributed by atoms with Crippen molar-refractivity contribution < 1.29 is 14.0 Å². The van der Waals surface area contributed by atoms with Gasteiger partial charge in [0.1, 0.15) is 5.82 Å². The molecule has 1 heterocycles. The molecule has 1 amide bonds. The van der Waals surface area contributed by atoms with E-state index >= 15 is 0 Å². The molecule has 3 rings (SSSR count). The number of benzene rings is 2. The molecular weight excluding hydrogens is 377 g/mol. The van der Waals surface area contributed by atoms with Crippen molar-refractivity contribution in [3.8, 4) is 5.69 Å². The van der Waals surface area contributed by atoms with Gasteiger partial charge in [-0.1, -0.05) is 24.3 Å². The molecule has 144 valence electrons. The number of carbonyl (C=O) groups excluding carboxylic acids is 2. The van der Waals surface area contributed by atoms with Gasteiger partial charge in [0, 0.05) is 10.5 Å². The highest BCUT2D eigenvalue weighted by atomic mass is 32.2. The molecule has 3 aromatic rings. The lowest BCUT2D eigenvalue weighted by molar-refractivity contribution is -0.113. The molecular formula is C21H20FN3O2S. The number of halogens is 1. The monoisotopic (exact) mass is 397 g/mol. The maximum Gasteiger partial charge on any atom is 0.234 e. The number of ketones is 1. The summed E-state index contributed by atoms with van der Waals surface area (Å²) in [4.78, 5) is 24.0. The molecule has 28 heavy (non-hydrogen) atoms. The van der Waals surface area contributed by atoms with E-state index in [2.05, 4.69) is 10.4 Å². The molecule has 0 aliphatic heterocycles. The summed E-state index contributed by atoms with van der Waals surface area (Å²) in [5.74, 6) is -0.908. The minimum Gasteiger partial charge on any atom is -0.322 e. The zero-order chi connectivity index (χ0) is 20.3. The lowest BCUT2D eigenvalue weighted by atomic mass is 10.1. The number of amides is 1. The summed E-state index contributed by atoms with van der Waals surface area (Å²) in [6.45, 7) is 5.10. The number of Topliss-reactive ketones (excluding diaryl/α,β-unsaturated/α-hetero) is 1. The molecule has 5 nitrogen and oxygen atoms in total. The van der Waals surface area contributed by atoms with E-state index in [4.69, 9.17) is 0 Å². The summed E-state index contributed by atoms with van der Waals surface area (Å²) in [7, 11) is 0. The van der Waals surface area contributed by atoms with Gasteiger partial charge in [-0.2, -0.15) is 5.10 Å². The first-order valence-electron chi connectivity index (χ1n) is 8.71. The van der Waals surface area contributed by atoms with E-state index in [-0.39, 0.29) is 17.4 Å². The first-order valence-corrected chi connectivity index (χ1v) is 9.70. The topological polar surface area (TPSA) is 64.0 Å². The van der Waals surface area contributed by atoms with Crippen LogP contribution < -0.4 is 5.32 Å². The van der Waals surface area contributed by atoms with Gasteiger partial charge in [0.05, 0.1) is 28.5 Å². The maximum absolute atomic E-state index is 14.1. The number of nitrogens with zero attached hydrogens (tertiary/aromatic N) is 2. The second-order valence-corrected chi connectivity index (χ2v) is 7.35. The van der Waals surface area contributed by atoms with Crippen molar-refractivity contribution in [3.05, 3.63) is 71.3 Å². The predicted molar refractivity (Wildman–Crippen MR) is 109 cm³/mol. The molecule has 0 bridgehead atoms. The Morgan fingerprint density at radius 2 is 1.86 bits per heavy atom. The average molecular weight is 397 g/mol. The third kappa shape index (κ3) is 4.31. The van der Waals surface area contributed by atoms with Crippen LogP contribution in [0.3, 0.4) is 0 Å². The Hall–Kier alpha value is -2.93. The highest BCUT2D eigenvalue weighted by molar-refractivity contribution is 8.00. The second-order valence-electron chi connectivity index (χ2n) is 6.33. The van der Waals surface area contributed by atoms with Crippen LogP contribution in [0.25, 0.3) is 5.69 Å². The number of aryl methyl sites for hydroxylation is 1. The van der Waals surface area contributed by atoms with Crippen LogP contribution in [0.15, 0.2) is 53.4 Å². The van der Waals surface area contributed by atoms with Gasteiger partial charge in [0.25, 0.3) is 0 Å². The van der Waals surface area contributed by atoms with Crippen LogP contribution in [0.1, 0.15) is 28.7 Å². The minimum absolute atomic E-state index is 0.0474. The van der Waals surface area contributed by atoms with Crippen molar-refractivity contribution in [2.75, 3.05) is 11.1 Å². The van der Waals surface area contributed by atoms with Crippen molar-refractivity contribution in [1.29, 1.82) is 0 Å². The number of carbonyl (C=O) groups is 2. The van der Waals surface area contributed by atoms with Crippen LogP contribution in [0.2, 0.25) is 0 Å². The normalized spacial score (nSPS) is 10.7. The molecule has 7 heteroatoms. The van der Waals surface area contributed by atoms with E-state index in [1.807, 2.05) is 44.2 Å². The largest absolute Gasteiger partial charge is 0.322 e. The average Bonchev–Trinajstić information content (AvgIpc) is 2.95. The fourth-order valence-corrected chi connectivity index (χ4v) is 3.52. The number of nitrogens with one attached hydrogen (secondary N) is 1. The summed E-state index contributed by atoms with van der Waals surface area (Å²) in [6, 6.07) is 13.9. The van der Waals surface area contributed by atoms with E-state index in [9.17, 15) is 14.0 Å². The van der Waals surface area contributed by atoms with Crippen LogP contribution in [0.5, 0.6) is 0 Å². The molecule has 0 saturated heterocycles. The number of anilines is 1. The summed E-state index contributed by atoms with van der Waals surface area (Å²) < 4.78 is 15.9. The molecule has 1 N–H and O–H groups in total. The van der Waals surface area contributed by atoms with E-state index in [1.54, 1.807) is 10.7 Å². The molecule has 2 aromatic carbocycles. The maximum atomic E-state index is 14.1. The van der Waals surface area contributed by atoms with Gasteiger partial charge in [-0.05, 0) is 45.0 Å². The van der Waals surface area contributed by atoms with Crippen molar-refractivity contribution in [2.24, 2.45) is 0 Å². The van der Waals surface area contributed by atoms with Crippen molar-refractivity contribution in [1.82, 2.24) is 9.78 Å². The van der Waals surface area contributed by atoms with Crippen LogP contribution in [-0.2, 0) is 4.79 Å². The number of para-hydroxylation sites is 1. The van der Waals surface area contributed by atoms with Gasteiger partial charge in [0.15, 0.2) is 5.78 Å². The van der Waals surface area contributed by atoms with Gasteiger partial charge in [-0.25, -0.2) is 9.07 Å². The Labute approximate surface area is 167 Å². The Morgan fingerprint density at radius 3 is 2.50 bits per heavy atom. The van der Waals surface area contributed by atoms with Crippen LogP contribution in [0.4, 0.5) is 10.1 Å². The summed E-state index contributed by atoms with van der Waals surface area (Å²) in [5.41, 5.74) is 3.40. The van der Waals surface area contributed by atoms with Crippen LogP contribution in [-0.4, -0.2) is 27.2 Å². The predicted octanol–water partition coefficient (Wildman–Crippen LogP) is 4.56. The third-order valence-corrected chi connectivity index (χ3v) is 5.30. The quantitative estimate of drug-likeness (QED) is 0.489. The fraction of sp³-hybridized carbons (Fsp3) is 0.190. The smallest absolute Gasteiger partial charge is 0.234 e. The summed E-state index contributed by atoms with van der Waals surface area (Å²) in [6.07, 6.45) is 0. The molecule has 1 aromatic heterocycles. The molecule has 0 aliphatic rings. The Balaban J connectivity index is 1.69. The first kappa shape index (κ1) is 19.8. The number of thioether (sulfide) groups is 1. The lowest BCUT2D eigenvalue weighted by Gasteiger charge is -2.08. The Bertz CT molecular complexity index is 1030. The van der Waals surface area contributed by atoms with Gasteiger partial charge in [-0.3, -0.25) is 9.59 Å². The highest BCUT2D eigenvalue weighted by Gasteiger charge is 2.16. The molecule has 0 atom stereocenters. The lowest BCUT2D eigenvalue weighted by Crippen LogP contribution is -2.15. The van der Waals surface area contributed by atoms with E-state index in [0.29, 0.717) is 21.8 Å². The summed E-state index contributed by atoms with van der Waals surface area (Å²) >= 11 is 1.08. The third-order valence-electron chi connectivity index (χ3n) is 4.25. The highest BCUT2D eigenvalue weighted by Crippen LogP contribution is 2.25. The first-order chi connectivity index (χ1) is 13.4. The Kier molecular flexibility index (Phi) is 5.94. The van der Waals surface area contributed by atoms with Crippen molar-refractivity contribution >= 4 is 29.1 Å². The summed E-state index contributed by atoms with van der Waals surface area (Å²) in [5, 5.41) is 7.36. The van der Waals surface area contributed by atoms with Gasteiger partial charge >= 0.3 is 0 Å². The van der Waals surface area contributed by atoms with E-state index in [0.717, 1.165) is 23.1 Å². The molecule has 0 fully saturated rings. The number of hydrogen-bond donors (Lipinski definition) is 1. The molecule has 0 aliphatic carbocycles. The number of rotatable bonds is 6. The van der Waals surface area contributed by atoms with E-state index in [1.165, 1.54) is 19.1 Å². The zero-order valence-corrected chi connectivity index (χ0v) is 16.6. The van der Waals surface area contributed by atoms with E-state index < -0.39 is 5.82 Å². The zero-order valence-electron chi connectivity index (χ0n) is 15.8. The van der Waals surface area contributed by atoms with Crippen molar-refractivity contribution in [3.63, 3.8) is 0 Å². The fourth-order valence-electron chi connectivity index (χ4n) is 2.80. The van der Waals surface area contributed by atoms with Crippen molar-refractivity contribution in [2.45, 2.75) is 25.7 Å². The minimum atomic E-state index is -0.505. The molecule has 0 spiro atoms. The number of aromatic nitrogens is 2. The van der Waals surface area contributed by atoms with Crippen LogP contribution in [0, 0.1) is 19.7 Å². The number of hydrogen-bond acceptors (Lipinski definition) is 4. The Morgan fingerprint density at radius 1 is 1.14 bits per heavy atom. The molecule has 0 radical (unpaired) electrons. The SMILES string of the molecule is CC(=O)c1ccc(SCC(=O)Nc2c(C)nn(-c3ccccc3)c2C)c(F)c1. The molecule has 0 unspecified atom stereocenters. The standard InChI is InChI=1S/C21H20FN3O2S/c1-13-21(14(2)25(24-13)17-7-5-4-6-8-17)23-20(27)12-28-19-10-9-16(15(3)26)11-18(19)22/h4-11H,12H2,1-3H3,(H,23,27). The van der Waals surface area contributed by atoms with Gasteiger partial charge in [-0.15, -0.1) is 11.8 Å². The second kappa shape index (κ2) is 8.39.